The zero-order valence-electron chi connectivity index (χ0n) is 75.4. The summed E-state index contributed by atoms with van der Waals surface area (Å²) in [6.45, 7) is 53.4. The molecule has 653 valence electrons. The van der Waals surface area contributed by atoms with Crippen molar-refractivity contribution in [3.8, 4) is 67.5 Å². The third-order valence-corrected chi connectivity index (χ3v) is 30.5. The third-order valence-electron chi connectivity index (χ3n) is 17.7. The molecule has 24 heteroatoms. The van der Waals surface area contributed by atoms with Crippen LogP contribution in [-0.4, -0.2) is 133 Å². The van der Waals surface area contributed by atoms with Gasteiger partial charge < -0.3 is 40.2 Å². The molecule has 0 amide bonds. The Labute approximate surface area is 756 Å². The molecule has 6 aromatic carbocycles. The summed E-state index contributed by atoms with van der Waals surface area (Å²) in [5, 5.41) is 30.1. The monoisotopic (exact) mass is 2120 g/mol. The van der Waals surface area contributed by atoms with E-state index in [0.717, 1.165) is 89.0 Å². The van der Waals surface area contributed by atoms with Gasteiger partial charge in [0.1, 0.15) is 0 Å². The summed E-state index contributed by atoms with van der Waals surface area (Å²) in [6, 6.07) is 88.1. The molecule has 0 bridgehead atoms. The minimum absolute atomic E-state index is 0. The molecule has 6 aromatic heterocycles. The largest absolute Gasteiger partial charge is 3.00 e. The number of halogens is 3. The van der Waals surface area contributed by atoms with Gasteiger partial charge in [0.15, 0.2) is 0 Å². The van der Waals surface area contributed by atoms with Crippen LogP contribution in [0.1, 0.15) is 45.7 Å². The van der Waals surface area contributed by atoms with Crippen LogP contribution in [0.15, 0.2) is 250 Å². The van der Waals surface area contributed by atoms with Crippen molar-refractivity contribution in [1.29, 1.82) is 0 Å². The average Bonchev–Trinajstić information content (AvgIpc) is 0.832. The fourth-order valence-electron chi connectivity index (χ4n) is 11.2. The van der Waals surface area contributed by atoms with Crippen LogP contribution in [0.25, 0.3) is 67.5 Å². The fraction of sp³-hybridized carbons (Fsp3) is 0.320. The van der Waals surface area contributed by atoms with Crippen molar-refractivity contribution in [2.24, 2.45) is 11.8 Å². The molecule has 0 spiro atoms. The quantitative estimate of drug-likeness (QED) is 0.0310. The number of hydrogen-bond acceptors (Lipinski definition) is 11. The first-order chi connectivity index (χ1) is 55.7. The smallest absolute Gasteiger partial charge is 0.400 e. The molecule has 0 aliphatic heterocycles. The molecule has 121 heavy (non-hydrogen) atoms. The minimum Gasteiger partial charge on any atom is -0.400 e. The molecular formula is C97H128F3Ir2N6O6SSi6-2. The average molecular weight is 2120 g/mol. The molecule has 0 aliphatic rings. The molecule has 0 fully saturated rings. The summed E-state index contributed by atoms with van der Waals surface area (Å²) in [7, 11) is -11.4. The van der Waals surface area contributed by atoms with Gasteiger partial charge in [0.25, 0.3) is 0 Å². The standard InChI is InChI=1S/C18H25NSi.C18H24NSi.4C14H16NSi.C2H6O.CHF3O3S.2CH4O.2Ir/c2*1-14(2)11-16-12-17(15-9-7-6-8-10-15)19-13-18(16)20(3,4)5;4*1-16(2,3)13-9-10-14(15-11-13)12-7-5-4-6-8-12;1-2-3;2-1(3,4)8(5,6)7;2*1-2;;/h6-10,12-14H,11H2,1-5H3;6-9,12-14H,11H2,1-5H3;4*4-7,9-11H,1-3H3;3H,2H2,1H3;(H,5,6,7);2*2H,1H3;;/q;5*-1;;;;;;+3. The maximum Gasteiger partial charge on any atom is 3.00 e. The van der Waals surface area contributed by atoms with E-state index in [1.807, 2.05) is 140 Å². The van der Waals surface area contributed by atoms with Crippen molar-refractivity contribution in [3.05, 3.63) is 291 Å². The minimum atomic E-state index is -5.84. The maximum absolute atomic E-state index is 10.7. The molecule has 12 rings (SSSR count). The molecule has 0 saturated heterocycles. The predicted molar refractivity (Wildman–Crippen MR) is 514 cm³/mol. The van der Waals surface area contributed by atoms with Gasteiger partial charge in [-0.15, -0.1) is 179 Å². The van der Waals surface area contributed by atoms with Gasteiger partial charge in [0.2, 0.25) is 0 Å². The molecule has 12 nitrogen and oxygen atoms in total. The number of nitrogens with zero attached hydrogens (tertiary/aromatic N) is 6. The van der Waals surface area contributed by atoms with Crippen LogP contribution < -0.4 is 31.1 Å². The second-order valence-corrected chi connectivity index (χ2v) is 66.7. The first-order valence-corrected chi connectivity index (χ1v) is 62.4. The van der Waals surface area contributed by atoms with Gasteiger partial charge >= 0.3 is 35.7 Å². The van der Waals surface area contributed by atoms with Crippen molar-refractivity contribution in [3.63, 3.8) is 0 Å². The second kappa shape index (κ2) is 53.5. The Bertz CT molecular complexity index is 4460. The molecular weight excluding hydrogens is 1990 g/mol. The van der Waals surface area contributed by atoms with Crippen LogP contribution in [0.4, 0.5) is 13.2 Å². The van der Waals surface area contributed by atoms with E-state index in [2.05, 4.69) is 310 Å². The van der Waals surface area contributed by atoms with E-state index in [1.165, 1.54) is 47.8 Å². The van der Waals surface area contributed by atoms with E-state index >= 15 is 0 Å². The van der Waals surface area contributed by atoms with Crippen molar-refractivity contribution < 1.29 is 81.7 Å². The van der Waals surface area contributed by atoms with E-state index in [4.69, 9.17) is 33.3 Å². The summed E-state index contributed by atoms with van der Waals surface area (Å²) < 4.78 is 57.5. The van der Waals surface area contributed by atoms with E-state index in [9.17, 15) is 13.2 Å². The topological polar surface area (TPSA) is 192 Å². The Hall–Kier alpha value is -7.60. The van der Waals surface area contributed by atoms with Crippen molar-refractivity contribution in [1.82, 2.24) is 29.9 Å². The normalized spacial score (nSPS) is 11.2. The number of aliphatic hydroxyl groups excluding tert-OH is 3. The van der Waals surface area contributed by atoms with Crippen LogP contribution in [0.5, 0.6) is 0 Å². The van der Waals surface area contributed by atoms with Gasteiger partial charge in [0.05, 0.1) is 54.1 Å². The fourth-order valence-corrected chi connectivity index (χ4v) is 18.5. The van der Waals surface area contributed by atoms with Gasteiger partial charge in [-0.1, -0.05) is 236 Å². The third kappa shape index (κ3) is 40.7. The molecule has 0 aliphatic carbocycles. The summed E-state index contributed by atoms with van der Waals surface area (Å²) in [6.07, 6.45) is 14.6. The van der Waals surface area contributed by atoms with Gasteiger partial charge in [0, 0.05) is 83.7 Å². The van der Waals surface area contributed by atoms with Gasteiger partial charge in [-0.05, 0) is 103 Å². The number of benzene rings is 6. The molecule has 0 unspecified atom stereocenters. The number of aliphatic hydroxyl groups is 3. The summed E-state index contributed by atoms with van der Waals surface area (Å²) >= 11 is 0. The maximum atomic E-state index is 10.7. The van der Waals surface area contributed by atoms with Gasteiger partial charge in [-0.2, -0.15) is 21.6 Å². The molecule has 0 saturated carbocycles. The number of pyridine rings is 6. The Morgan fingerprint density at radius 2 is 0.562 bits per heavy atom. The summed E-state index contributed by atoms with van der Waals surface area (Å²) in [5.74, 6) is 1.34. The predicted octanol–water partition coefficient (Wildman–Crippen LogP) is 20.8. The number of aromatic nitrogens is 6. The van der Waals surface area contributed by atoms with Crippen molar-refractivity contribution in [2.75, 3.05) is 20.8 Å². The molecule has 0 atom stereocenters. The summed E-state index contributed by atoms with van der Waals surface area (Å²) in [4.78, 5) is 27.5. The Balaban J connectivity index is 0.000000701. The zero-order valence-corrected chi connectivity index (χ0v) is 87.1. The summed E-state index contributed by atoms with van der Waals surface area (Å²) in [5.41, 5.74) is 10.1. The van der Waals surface area contributed by atoms with E-state index in [-0.39, 0.29) is 46.8 Å². The number of hydrogen-bond donors (Lipinski definition) is 4. The van der Waals surface area contributed by atoms with Crippen LogP contribution >= 0.6 is 0 Å². The zero-order chi connectivity index (χ0) is 89.6. The SMILES string of the molecule is CC(C)Cc1cc(-c2[c-]cccc2)ncc1[Si](C)(C)C.CC(C)Cc1cc(-c2ccccc2)ncc1[Si](C)(C)C.CCO.CO.CO.C[Si](C)(C)c1ccc(-c2[c-]cccc2)nc1.C[Si](C)(C)c1ccc(-c2[c-]cccc2)nc1.C[Si](C)(C)c1ccc(-c2[c-]cccc2)nc1.C[Si](C)(C)c1ccc(-c2[c-]cccc2)nc1.O=S(=O)(O)C(F)(F)F.[Ir+3].[Ir]. The van der Waals surface area contributed by atoms with E-state index in [1.54, 1.807) is 6.92 Å². The molecule has 12 aromatic rings. The van der Waals surface area contributed by atoms with Crippen molar-refractivity contribution in [2.45, 2.75) is 171 Å². The van der Waals surface area contributed by atoms with Crippen molar-refractivity contribution >= 4 is 89.7 Å². The molecule has 4 N–H and O–H groups in total. The second-order valence-electron chi connectivity index (χ2n) is 34.9. The first kappa shape index (κ1) is 111. The first-order valence-electron chi connectivity index (χ1n) is 40.0. The van der Waals surface area contributed by atoms with E-state index < -0.39 is 64.1 Å². The Morgan fingerprint density at radius 3 is 0.752 bits per heavy atom. The Morgan fingerprint density at radius 1 is 0.347 bits per heavy atom. The number of alkyl halides is 3. The molecule has 6 heterocycles. The number of rotatable bonds is 16. The van der Waals surface area contributed by atoms with Crippen LogP contribution in [0, 0.1) is 42.2 Å². The van der Waals surface area contributed by atoms with Crippen LogP contribution in [0.2, 0.25) is 118 Å². The van der Waals surface area contributed by atoms with E-state index in [0.29, 0.717) is 11.8 Å². The van der Waals surface area contributed by atoms with Crippen LogP contribution in [-0.2, 0) is 63.2 Å². The Kier molecular flexibility index (Phi) is 49.3. The van der Waals surface area contributed by atoms with Gasteiger partial charge in [-0.25, -0.2) is 0 Å². The molecule has 1 radical (unpaired) electrons. The van der Waals surface area contributed by atoms with Gasteiger partial charge in [-0.3, -0.25) is 9.54 Å². The van der Waals surface area contributed by atoms with Crippen LogP contribution in [0.3, 0.4) is 0 Å².